The molecule has 0 atom stereocenters. The van der Waals surface area contributed by atoms with Crippen LogP contribution in [-0.2, 0) is 0 Å². The van der Waals surface area contributed by atoms with Gasteiger partial charge in [-0.2, -0.15) is 0 Å². The summed E-state index contributed by atoms with van der Waals surface area (Å²) in [6.07, 6.45) is 1.75. The molecule has 1 saturated heterocycles. The minimum atomic E-state index is -0.0123. The number of aromatic nitrogens is 3. The maximum absolute atomic E-state index is 13.0. The van der Waals surface area contributed by atoms with Gasteiger partial charge in [-0.15, -0.1) is 10.2 Å². The van der Waals surface area contributed by atoms with Gasteiger partial charge < -0.3 is 19.9 Å². The van der Waals surface area contributed by atoms with E-state index in [0.717, 1.165) is 21.7 Å². The van der Waals surface area contributed by atoms with Crippen molar-refractivity contribution in [2.45, 2.75) is 6.92 Å². The monoisotopic (exact) mass is 482 g/mol. The zero-order chi connectivity index (χ0) is 21.8. The molecule has 1 amide bonds. The van der Waals surface area contributed by atoms with Crippen molar-refractivity contribution in [1.29, 1.82) is 0 Å². The number of benzene rings is 1. The van der Waals surface area contributed by atoms with Crippen molar-refractivity contribution >= 4 is 39.3 Å². The second-order valence-corrected chi connectivity index (χ2v) is 8.10. The summed E-state index contributed by atoms with van der Waals surface area (Å²) in [6.45, 7) is 4.61. The Morgan fingerprint density at radius 2 is 1.84 bits per heavy atom. The van der Waals surface area contributed by atoms with Gasteiger partial charge in [0, 0.05) is 36.8 Å². The van der Waals surface area contributed by atoms with Crippen molar-refractivity contribution in [1.82, 2.24) is 20.1 Å². The Bertz CT molecular complexity index is 1070. The lowest BCUT2D eigenvalue weighted by atomic mass is 10.1. The van der Waals surface area contributed by atoms with Gasteiger partial charge in [0.2, 0.25) is 0 Å². The number of carbonyl (C=O) groups is 1. The number of hydrogen-bond acceptors (Lipinski definition) is 7. The van der Waals surface area contributed by atoms with Crippen molar-refractivity contribution in [3.8, 4) is 5.75 Å². The first-order valence-electron chi connectivity index (χ1n) is 9.94. The Labute approximate surface area is 189 Å². The van der Waals surface area contributed by atoms with E-state index >= 15 is 0 Å². The molecular weight excluding hydrogens is 460 g/mol. The highest BCUT2D eigenvalue weighted by Gasteiger charge is 2.24. The molecule has 31 heavy (non-hydrogen) atoms. The van der Waals surface area contributed by atoms with Crippen LogP contribution in [0, 0.1) is 6.92 Å². The molecule has 1 aromatic carbocycles. The molecule has 0 bridgehead atoms. The Balaban J connectivity index is 1.37. The number of halogens is 1. The van der Waals surface area contributed by atoms with Crippen LogP contribution in [0.15, 0.2) is 53.1 Å². The molecule has 0 unspecified atom stereocenters. The number of piperazine rings is 1. The molecule has 8 nitrogen and oxygen atoms in total. The molecular formula is C22H23BrN6O2. The number of carbonyl (C=O) groups excluding carboxylic acids is 1. The maximum atomic E-state index is 13.0. The molecule has 2 aromatic heterocycles. The first-order chi connectivity index (χ1) is 15.0. The predicted molar refractivity (Wildman–Crippen MR) is 123 cm³/mol. The van der Waals surface area contributed by atoms with Crippen molar-refractivity contribution in [3.63, 3.8) is 0 Å². The van der Waals surface area contributed by atoms with Crippen LogP contribution in [0.25, 0.3) is 0 Å². The summed E-state index contributed by atoms with van der Waals surface area (Å²) in [6, 6.07) is 13.1. The molecule has 0 radical (unpaired) electrons. The molecule has 1 fully saturated rings. The fourth-order valence-electron chi connectivity index (χ4n) is 3.40. The van der Waals surface area contributed by atoms with Crippen LogP contribution >= 0.6 is 15.9 Å². The lowest BCUT2D eigenvalue weighted by molar-refractivity contribution is 0.0745. The molecule has 9 heteroatoms. The highest BCUT2D eigenvalue weighted by Crippen LogP contribution is 2.25. The van der Waals surface area contributed by atoms with Crippen LogP contribution in [-0.4, -0.2) is 59.3 Å². The number of anilines is 3. The average Bonchev–Trinajstić information content (AvgIpc) is 2.80. The van der Waals surface area contributed by atoms with Gasteiger partial charge >= 0.3 is 0 Å². The fraction of sp³-hybridized carbons (Fsp3) is 0.273. The van der Waals surface area contributed by atoms with Crippen molar-refractivity contribution in [3.05, 3.63) is 64.3 Å². The van der Waals surface area contributed by atoms with Crippen LogP contribution in [0.1, 0.15) is 15.9 Å². The lowest BCUT2D eigenvalue weighted by Crippen LogP contribution is -2.49. The number of nitrogens with zero attached hydrogens (tertiary/aromatic N) is 5. The van der Waals surface area contributed by atoms with Gasteiger partial charge in [-0.05, 0) is 70.9 Å². The van der Waals surface area contributed by atoms with Gasteiger partial charge in [-0.1, -0.05) is 0 Å². The fourth-order valence-corrected chi connectivity index (χ4v) is 3.82. The summed E-state index contributed by atoms with van der Waals surface area (Å²) >= 11 is 3.47. The number of aryl methyl sites for hydroxylation is 1. The smallest absolute Gasteiger partial charge is 0.255 e. The number of hydrogen-bond donors (Lipinski definition) is 1. The Morgan fingerprint density at radius 1 is 1.03 bits per heavy atom. The van der Waals surface area contributed by atoms with Gasteiger partial charge in [0.1, 0.15) is 11.6 Å². The first kappa shape index (κ1) is 21.0. The van der Waals surface area contributed by atoms with Gasteiger partial charge in [0.05, 0.1) is 12.7 Å². The molecule has 3 heterocycles. The number of pyridine rings is 1. The highest BCUT2D eigenvalue weighted by molar-refractivity contribution is 9.10. The minimum absolute atomic E-state index is 0.0123. The number of amides is 1. The zero-order valence-corrected chi connectivity index (χ0v) is 19.0. The highest BCUT2D eigenvalue weighted by atomic mass is 79.9. The predicted octanol–water partition coefficient (Wildman–Crippen LogP) is 3.66. The standard InChI is InChI=1S/C22H23BrN6O2/c1-15-7-8-24-20(13-15)25-19-5-6-21(27-26-19)28-9-11-29(12-10-28)22(30)17-14-16(31-2)3-4-18(17)23/h3-8,13-14H,9-12H2,1-2H3,(H,24,25,26). The van der Waals surface area contributed by atoms with Crippen LogP contribution in [0.4, 0.5) is 17.5 Å². The normalized spacial score (nSPS) is 13.8. The number of rotatable bonds is 5. The van der Waals surface area contributed by atoms with E-state index in [9.17, 15) is 4.79 Å². The van der Waals surface area contributed by atoms with Crippen LogP contribution in [0.2, 0.25) is 0 Å². The quantitative estimate of drug-likeness (QED) is 0.593. The number of nitrogens with one attached hydrogen (secondary N) is 1. The van der Waals surface area contributed by atoms with E-state index in [-0.39, 0.29) is 5.91 Å². The Kier molecular flexibility index (Phi) is 6.31. The Morgan fingerprint density at radius 3 is 2.52 bits per heavy atom. The van der Waals surface area contributed by atoms with Crippen LogP contribution < -0.4 is 15.0 Å². The molecule has 0 spiro atoms. The molecule has 1 N–H and O–H groups in total. The molecule has 4 rings (SSSR count). The van der Waals surface area contributed by atoms with Crippen molar-refractivity contribution < 1.29 is 9.53 Å². The summed E-state index contributed by atoms with van der Waals surface area (Å²) in [5.41, 5.74) is 1.73. The summed E-state index contributed by atoms with van der Waals surface area (Å²) in [4.78, 5) is 21.2. The molecule has 0 saturated carbocycles. The topological polar surface area (TPSA) is 83.5 Å². The van der Waals surface area contributed by atoms with E-state index in [4.69, 9.17) is 4.74 Å². The van der Waals surface area contributed by atoms with Crippen LogP contribution in [0.3, 0.4) is 0 Å². The number of ether oxygens (including phenoxy) is 1. The molecule has 0 aliphatic carbocycles. The second-order valence-electron chi connectivity index (χ2n) is 7.25. The SMILES string of the molecule is COc1ccc(Br)c(C(=O)N2CCN(c3ccc(Nc4cc(C)ccn4)nn3)CC2)c1. The third-order valence-corrected chi connectivity index (χ3v) is 5.81. The van der Waals surface area contributed by atoms with Gasteiger partial charge in [-0.3, -0.25) is 4.79 Å². The summed E-state index contributed by atoms with van der Waals surface area (Å²) in [5.74, 6) is 2.81. The van der Waals surface area contributed by atoms with E-state index in [1.165, 1.54) is 0 Å². The summed E-state index contributed by atoms with van der Waals surface area (Å²) in [5, 5.41) is 11.8. The van der Waals surface area contributed by atoms with Crippen molar-refractivity contribution in [2.24, 2.45) is 0 Å². The molecule has 160 valence electrons. The average molecular weight is 483 g/mol. The van der Waals surface area contributed by atoms with E-state index in [2.05, 4.69) is 41.3 Å². The van der Waals surface area contributed by atoms with E-state index in [1.54, 1.807) is 19.4 Å². The van der Waals surface area contributed by atoms with E-state index in [0.29, 0.717) is 43.3 Å². The third-order valence-electron chi connectivity index (χ3n) is 5.12. The molecule has 1 aliphatic rings. The van der Waals surface area contributed by atoms with E-state index in [1.807, 2.05) is 48.2 Å². The first-order valence-corrected chi connectivity index (χ1v) is 10.7. The van der Waals surface area contributed by atoms with Gasteiger partial charge in [0.15, 0.2) is 11.6 Å². The van der Waals surface area contributed by atoms with E-state index < -0.39 is 0 Å². The lowest BCUT2D eigenvalue weighted by Gasteiger charge is -2.35. The van der Waals surface area contributed by atoms with Crippen LogP contribution in [0.5, 0.6) is 5.75 Å². The molecule has 3 aromatic rings. The largest absolute Gasteiger partial charge is 0.497 e. The molecule has 1 aliphatic heterocycles. The summed E-state index contributed by atoms with van der Waals surface area (Å²) < 4.78 is 6.01. The van der Waals surface area contributed by atoms with Gasteiger partial charge in [-0.25, -0.2) is 4.98 Å². The second kappa shape index (κ2) is 9.30. The van der Waals surface area contributed by atoms with Crippen molar-refractivity contribution in [2.75, 3.05) is 43.5 Å². The zero-order valence-electron chi connectivity index (χ0n) is 17.4. The third kappa shape index (κ3) is 4.93. The Hall–Kier alpha value is -3.20. The maximum Gasteiger partial charge on any atom is 0.255 e. The number of methoxy groups -OCH3 is 1. The van der Waals surface area contributed by atoms with Gasteiger partial charge in [0.25, 0.3) is 5.91 Å². The summed E-state index contributed by atoms with van der Waals surface area (Å²) in [7, 11) is 1.59. The minimum Gasteiger partial charge on any atom is -0.497 e.